The molecule has 1 heterocycles. The first kappa shape index (κ1) is 14.6. The van der Waals surface area contributed by atoms with Crippen LogP contribution in [0.15, 0.2) is 48.5 Å². The molecule has 112 valence electrons. The molecule has 0 unspecified atom stereocenters. The summed E-state index contributed by atoms with van der Waals surface area (Å²) in [5.41, 5.74) is 1.40. The highest BCUT2D eigenvalue weighted by Gasteiger charge is 2.31. The van der Waals surface area contributed by atoms with Gasteiger partial charge >= 0.3 is 6.36 Å². The summed E-state index contributed by atoms with van der Waals surface area (Å²) >= 11 is 1.44. The maximum atomic E-state index is 12.2. The zero-order valence-corrected chi connectivity index (χ0v) is 11.9. The standard InChI is InChI=1S/C16H9F3O2S/c17-16(18,19)21-13-4-5-14-12(7-13)8-15(22-14)11-3-1-2-10(6-11)9-20/h1-9H. The van der Waals surface area contributed by atoms with Crippen molar-refractivity contribution < 1.29 is 22.7 Å². The van der Waals surface area contributed by atoms with Crippen LogP contribution in [0.3, 0.4) is 0 Å². The molecule has 0 bridgehead atoms. The molecule has 2 aromatic carbocycles. The van der Waals surface area contributed by atoms with E-state index in [1.807, 2.05) is 6.07 Å². The molecule has 0 amide bonds. The van der Waals surface area contributed by atoms with E-state index in [4.69, 9.17) is 0 Å². The van der Waals surface area contributed by atoms with Gasteiger partial charge in [-0.1, -0.05) is 18.2 Å². The summed E-state index contributed by atoms with van der Waals surface area (Å²) in [4.78, 5) is 11.7. The summed E-state index contributed by atoms with van der Waals surface area (Å²) < 4.78 is 41.5. The van der Waals surface area contributed by atoms with Gasteiger partial charge in [0.25, 0.3) is 0 Å². The lowest BCUT2D eigenvalue weighted by Gasteiger charge is -2.08. The molecular formula is C16H9F3O2S. The van der Waals surface area contributed by atoms with E-state index in [1.54, 1.807) is 30.3 Å². The molecule has 3 aromatic rings. The number of alkyl halides is 3. The minimum absolute atomic E-state index is 0.244. The predicted octanol–water partition coefficient (Wildman–Crippen LogP) is 5.28. The SMILES string of the molecule is O=Cc1cccc(-c2cc3cc(OC(F)(F)F)ccc3s2)c1. The lowest BCUT2D eigenvalue weighted by molar-refractivity contribution is -0.274. The molecule has 0 spiro atoms. The number of aldehydes is 1. The molecule has 0 N–H and O–H groups in total. The maximum absolute atomic E-state index is 12.2. The Hall–Kier alpha value is -2.34. The molecule has 0 aliphatic carbocycles. The first-order valence-electron chi connectivity index (χ1n) is 6.29. The first-order chi connectivity index (χ1) is 10.4. The minimum atomic E-state index is -4.70. The fraction of sp³-hybridized carbons (Fsp3) is 0.0625. The molecule has 0 aliphatic rings. The van der Waals surface area contributed by atoms with Gasteiger partial charge in [-0.3, -0.25) is 4.79 Å². The molecule has 0 saturated carbocycles. The number of fused-ring (bicyclic) bond motifs is 1. The van der Waals surface area contributed by atoms with E-state index < -0.39 is 6.36 Å². The van der Waals surface area contributed by atoms with Gasteiger partial charge < -0.3 is 4.74 Å². The largest absolute Gasteiger partial charge is 0.573 e. The Kier molecular flexibility index (Phi) is 3.62. The summed E-state index contributed by atoms with van der Waals surface area (Å²) in [6, 6.07) is 13.1. The molecular weight excluding hydrogens is 313 g/mol. The lowest BCUT2D eigenvalue weighted by atomic mass is 10.1. The van der Waals surface area contributed by atoms with Crippen LogP contribution in [0, 0.1) is 0 Å². The average Bonchev–Trinajstić information content (AvgIpc) is 2.89. The highest BCUT2D eigenvalue weighted by molar-refractivity contribution is 7.22. The average molecular weight is 322 g/mol. The zero-order valence-electron chi connectivity index (χ0n) is 11.1. The third kappa shape index (κ3) is 3.12. The van der Waals surface area contributed by atoms with Crippen molar-refractivity contribution in [3.63, 3.8) is 0 Å². The number of rotatable bonds is 3. The molecule has 6 heteroatoms. The molecule has 22 heavy (non-hydrogen) atoms. The Labute approximate surface area is 127 Å². The monoisotopic (exact) mass is 322 g/mol. The van der Waals surface area contributed by atoms with Crippen LogP contribution in [0.2, 0.25) is 0 Å². The number of benzene rings is 2. The minimum Gasteiger partial charge on any atom is -0.406 e. The van der Waals surface area contributed by atoms with Crippen molar-refractivity contribution in [1.29, 1.82) is 0 Å². The van der Waals surface area contributed by atoms with E-state index in [0.717, 1.165) is 21.4 Å². The van der Waals surface area contributed by atoms with Crippen molar-refractivity contribution in [3.05, 3.63) is 54.1 Å². The number of hydrogen-bond acceptors (Lipinski definition) is 3. The van der Waals surface area contributed by atoms with Gasteiger partial charge in [0.2, 0.25) is 0 Å². The van der Waals surface area contributed by atoms with Gasteiger partial charge in [-0.2, -0.15) is 0 Å². The van der Waals surface area contributed by atoms with Crippen LogP contribution >= 0.6 is 11.3 Å². The van der Waals surface area contributed by atoms with Crippen molar-refractivity contribution in [3.8, 4) is 16.2 Å². The molecule has 0 atom stereocenters. The molecule has 2 nitrogen and oxygen atoms in total. The van der Waals surface area contributed by atoms with Crippen molar-refractivity contribution in [2.45, 2.75) is 6.36 Å². The fourth-order valence-corrected chi connectivity index (χ4v) is 3.17. The number of carbonyl (C=O) groups excluding carboxylic acids is 1. The molecule has 0 saturated heterocycles. The van der Waals surface area contributed by atoms with E-state index in [9.17, 15) is 18.0 Å². The van der Waals surface area contributed by atoms with Crippen LogP contribution in [0.25, 0.3) is 20.5 Å². The Morgan fingerprint density at radius 2 is 1.86 bits per heavy atom. The Balaban J connectivity index is 2.00. The van der Waals surface area contributed by atoms with Crippen LogP contribution in [0.1, 0.15) is 10.4 Å². The summed E-state index contributed by atoms with van der Waals surface area (Å²) in [7, 11) is 0. The Morgan fingerprint density at radius 3 is 2.59 bits per heavy atom. The second kappa shape index (κ2) is 5.46. The van der Waals surface area contributed by atoms with Crippen molar-refractivity contribution in [2.24, 2.45) is 0 Å². The Bertz CT molecular complexity index is 837. The smallest absolute Gasteiger partial charge is 0.406 e. The number of carbonyl (C=O) groups is 1. The van der Waals surface area contributed by atoms with Gasteiger partial charge in [0.1, 0.15) is 12.0 Å². The van der Waals surface area contributed by atoms with Gasteiger partial charge in [0.05, 0.1) is 0 Å². The van der Waals surface area contributed by atoms with Crippen LogP contribution < -0.4 is 4.74 Å². The van der Waals surface area contributed by atoms with Crippen LogP contribution in [0.4, 0.5) is 13.2 Å². The third-order valence-electron chi connectivity index (χ3n) is 3.03. The molecule has 0 radical (unpaired) electrons. The highest BCUT2D eigenvalue weighted by atomic mass is 32.1. The number of thiophene rings is 1. The third-order valence-corrected chi connectivity index (χ3v) is 4.19. The van der Waals surface area contributed by atoms with E-state index in [1.165, 1.54) is 23.5 Å². The second-order valence-electron chi connectivity index (χ2n) is 4.60. The molecule has 0 aliphatic heterocycles. The van der Waals surface area contributed by atoms with Crippen molar-refractivity contribution in [1.82, 2.24) is 0 Å². The normalized spacial score (nSPS) is 11.6. The maximum Gasteiger partial charge on any atom is 0.573 e. The number of ether oxygens (including phenoxy) is 1. The van der Waals surface area contributed by atoms with Gasteiger partial charge in [0, 0.05) is 15.1 Å². The number of halogens is 3. The summed E-state index contributed by atoms with van der Waals surface area (Å²) in [5, 5.41) is 0.665. The lowest BCUT2D eigenvalue weighted by Crippen LogP contribution is -2.16. The van der Waals surface area contributed by atoms with Crippen LogP contribution in [-0.2, 0) is 0 Å². The van der Waals surface area contributed by atoms with Crippen LogP contribution in [0.5, 0.6) is 5.75 Å². The second-order valence-corrected chi connectivity index (χ2v) is 5.69. The molecule has 3 rings (SSSR count). The zero-order chi connectivity index (χ0) is 15.7. The van der Waals surface area contributed by atoms with E-state index >= 15 is 0 Å². The first-order valence-corrected chi connectivity index (χ1v) is 7.11. The van der Waals surface area contributed by atoms with E-state index in [-0.39, 0.29) is 5.75 Å². The van der Waals surface area contributed by atoms with Gasteiger partial charge in [-0.25, -0.2) is 0 Å². The van der Waals surface area contributed by atoms with Crippen molar-refractivity contribution in [2.75, 3.05) is 0 Å². The summed E-state index contributed by atoms with van der Waals surface area (Å²) in [6.07, 6.45) is -3.95. The number of hydrogen-bond donors (Lipinski definition) is 0. The summed E-state index contributed by atoms with van der Waals surface area (Å²) in [6.45, 7) is 0. The quantitative estimate of drug-likeness (QED) is 0.613. The fourth-order valence-electron chi connectivity index (χ4n) is 2.13. The van der Waals surface area contributed by atoms with Crippen molar-refractivity contribution >= 4 is 27.7 Å². The Morgan fingerprint density at radius 1 is 1.05 bits per heavy atom. The topological polar surface area (TPSA) is 26.3 Å². The summed E-state index contributed by atoms with van der Waals surface area (Å²) in [5.74, 6) is -0.244. The van der Waals surface area contributed by atoms with Crippen LogP contribution in [-0.4, -0.2) is 12.6 Å². The predicted molar refractivity (Wildman–Crippen MR) is 79.3 cm³/mol. The van der Waals surface area contributed by atoms with Gasteiger partial charge in [0.15, 0.2) is 0 Å². The van der Waals surface area contributed by atoms with Gasteiger partial charge in [-0.15, -0.1) is 24.5 Å². The highest BCUT2D eigenvalue weighted by Crippen LogP contribution is 2.36. The van der Waals surface area contributed by atoms with E-state index in [2.05, 4.69) is 4.74 Å². The van der Waals surface area contributed by atoms with Gasteiger partial charge in [-0.05, 0) is 41.3 Å². The van der Waals surface area contributed by atoms with E-state index in [0.29, 0.717) is 10.9 Å². The molecule has 0 fully saturated rings. The molecule has 1 aromatic heterocycles.